The number of amidine groups is 1. The van der Waals surface area contributed by atoms with E-state index in [2.05, 4.69) is 4.99 Å². The summed E-state index contributed by atoms with van der Waals surface area (Å²) in [4.78, 5) is 30.7. The fourth-order valence-electron chi connectivity index (χ4n) is 2.87. The Hall–Kier alpha value is -3.26. The third kappa shape index (κ3) is 3.84. The molecule has 2 aromatic rings. The molecule has 8 heteroatoms. The summed E-state index contributed by atoms with van der Waals surface area (Å²) in [5, 5.41) is -0.114. The normalized spacial score (nSPS) is 17.6. The average molecular weight is 409 g/mol. The summed E-state index contributed by atoms with van der Waals surface area (Å²) < 4.78 is 10.7. The number of carbonyl (C=O) groups excluding carboxylic acids is 2. The zero-order valence-corrected chi connectivity index (χ0v) is 16.7. The Morgan fingerprint density at radius 3 is 2.66 bits per heavy atom. The molecule has 2 aromatic carbocycles. The van der Waals surface area contributed by atoms with Crippen molar-refractivity contribution in [2.45, 2.75) is 19.1 Å². The second-order valence-electron chi connectivity index (χ2n) is 6.68. The van der Waals surface area contributed by atoms with Gasteiger partial charge >= 0.3 is 0 Å². The fraction of sp³-hybridized carbons (Fsp3) is 0.190. The van der Waals surface area contributed by atoms with Gasteiger partial charge in [0.15, 0.2) is 16.7 Å². The molecule has 2 heterocycles. The van der Waals surface area contributed by atoms with Crippen molar-refractivity contribution < 1.29 is 19.1 Å². The van der Waals surface area contributed by atoms with E-state index in [0.717, 1.165) is 22.9 Å². The van der Waals surface area contributed by atoms with Gasteiger partial charge in [-0.25, -0.2) is 4.99 Å². The van der Waals surface area contributed by atoms with Crippen LogP contribution >= 0.6 is 11.8 Å². The number of nitrogens with zero attached hydrogens (tertiary/aromatic N) is 2. The van der Waals surface area contributed by atoms with Gasteiger partial charge in [0.2, 0.25) is 12.7 Å². The van der Waals surface area contributed by atoms with E-state index in [1.54, 1.807) is 25.1 Å². The minimum atomic E-state index is -0.528. The summed E-state index contributed by atoms with van der Waals surface area (Å²) in [6.45, 7) is 3.84. The van der Waals surface area contributed by atoms with E-state index < -0.39 is 11.2 Å². The number of thioether (sulfide) groups is 1. The molecule has 0 aromatic heterocycles. The molecule has 2 aliphatic rings. The van der Waals surface area contributed by atoms with E-state index >= 15 is 0 Å². The van der Waals surface area contributed by atoms with Crippen LogP contribution in [0.15, 0.2) is 53.2 Å². The predicted octanol–water partition coefficient (Wildman–Crippen LogP) is 3.07. The molecule has 1 atom stereocenters. The first-order chi connectivity index (χ1) is 13.9. The second kappa shape index (κ2) is 7.63. The maximum Gasteiger partial charge on any atom is 0.283 e. The number of nitrogens with two attached hydrogens (primary N) is 1. The van der Waals surface area contributed by atoms with E-state index in [1.807, 2.05) is 37.3 Å². The van der Waals surface area contributed by atoms with Crippen molar-refractivity contribution in [1.29, 1.82) is 0 Å². The first-order valence-corrected chi connectivity index (χ1v) is 9.87. The number of aliphatic imine (C=N–C) groups is 1. The van der Waals surface area contributed by atoms with Crippen LogP contribution in [0.5, 0.6) is 11.5 Å². The third-order valence-corrected chi connectivity index (χ3v) is 5.58. The number of aryl methyl sites for hydroxylation is 1. The van der Waals surface area contributed by atoms with Crippen LogP contribution in [0.1, 0.15) is 18.1 Å². The molecule has 0 aliphatic carbocycles. The average Bonchev–Trinajstić information content (AvgIpc) is 3.27. The van der Waals surface area contributed by atoms with Gasteiger partial charge in [0.1, 0.15) is 5.70 Å². The Morgan fingerprint density at radius 2 is 1.93 bits per heavy atom. The van der Waals surface area contributed by atoms with E-state index in [4.69, 9.17) is 15.2 Å². The lowest BCUT2D eigenvalue weighted by Gasteiger charge is -2.19. The minimum Gasteiger partial charge on any atom is -0.454 e. The van der Waals surface area contributed by atoms with Crippen LogP contribution in [-0.2, 0) is 9.59 Å². The number of benzene rings is 2. The summed E-state index contributed by atoms with van der Waals surface area (Å²) >= 11 is 1.16. The Balaban J connectivity index is 1.70. The molecule has 0 unspecified atom stereocenters. The molecule has 2 N–H and O–H groups in total. The Labute approximate surface area is 172 Å². The van der Waals surface area contributed by atoms with Crippen LogP contribution in [-0.4, -0.2) is 29.0 Å². The first kappa shape index (κ1) is 19.1. The number of anilines is 1. The lowest BCUT2D eigenvalue weighted by atomic mass is 10.1. The zero-order chi connectivity index (χ0) is 20.5. The molecule has 0 spiro atoms. The van der Waals surface area contributed by atoms with E-state index in [9.17, 15) is 9.59 Å². The van der Waals surface area contributed by atoms with Gasteiger partial charge in [-0.05, 0) is 49.8 Å². The second-order valence-corrected chi connectivity index (χ2v) is 7.98. The van der Waals surface area contributed by atoms with Crippen LogP contribution in [0.4, 0.5) is 5.69 Å². The van der Waals surface area contributed by atoms with Gasteiger partial charge in [-0.3, -0.25) is 14.5 Å². The molecule has 29 heavy (non-hydrogen) atoms. The molecule has 2 amide bonds. The lowest BCUT2D eigenvalue weighted by Crippen LogP contribution is -2.33. The molecule has 0 saturated carbocycles. The molecule has 7 nitrogen and oxygen atoms in total. The lowest BCUT2D eigenvalue weighted by molar-refractivity contribution is -0.117. The van der Waals surface area contributed by atoms with Crippen LogP contribution in [0.3, 0.4) is 0 Å². The van der Waals surface area contributed by atoms with Gasteiger partial charge in [0.05, 0.1) is 10.9 Å². The SMILES string of the molecule is Cc1ccc(N2C(=O)/C(=C/c3ccc4c(c3)OCO4)N=C2S[C@H](C)C(N)=O)cc1. The third-order valence-electron chi connectivity index (χ3n) is 4.50. The number of rotatable bonds is 4. The summed E-state index contributed by atoms with van der Waals surface area (Å²) in [5.74, 6) is 0.551. The molecule has 148 valence electrons. The van der Waals surface area contributed by atoms with Crippen molar-refractivity contribution in [2.75, 3.05) is 11.7 Å². The monoisotopic (exact) mass is 409 g/mol. The van der Waals surface area contributed by atoms with Crippen LogP contribution in [0.2, 0.25) is 0 Å². The molecule has 4 rings (SSSR count). The van der Waals surface area contributed by atoms with E-state index in [0.29, 0.717) is 22.4 Å². The molecule has 2 aliphatic heterocycles. The van der Waals surface area contributed by atoms with Gasteiger partial charge in [0.25, 0.3) is 5.91 Å². The molecule has 0 saturated heterocycles. The maximum atomic E-state index is 13.1. The van der Waals surface area contributed by atoms with Crippen molar-refractivity contribution in [1.82, 2.24) is 0 Å². The first-order valence-electron chi connectivity index (χ1n) is 8.99. The highest BCUT2D eigenvalue weighted by atomic mass is 32.2. The van der Waals surface area contributed by atoms with Gasteiger partial charge in [-0.2, -0.15) is 0 Å². The predicted molar refractivity (Wildman–Crippen MR) is 113 cm³/mol. The number of amides is 2. The topological polar surface area (TPSA) is 94.2 Å². The Morgan fingerprint density at radius 1 is 1.21 bits per heavy atom. The number of carbonyl (C=O) groups is 2. The summed E-state index contributed by atoms with van der Waals surface area (Å²) in [5.41, 5.74) is 8.19. The number of hydrogen-bond donors (Lipinski definition) is 1. The van der Waals surface area contributed by atoms with Crippen molar-refractivity contribution in [3.63, 3.8) is 0 Å². The van der Waals surface area contributed by atoms with Crippen molar-refractivity contribution in [3.8, 4) is 11.5 Å². The van der Waals surface area contributed by atoms with Crippen molar-refractivity contribution in [3.05, 3.63) is 59.3 Å². The largest absolute Gasteiger partial charge is 0.454 e. The standard InChI is InChI=1S/C21H19N3O4S/c1-12-3-6-15(7-4-12)24-20(26)16(23-21(24)29-13(2)19(22)25)9-14-5-8-17-18(10-14)28-11-27-17/h3-10,13H,11H2,1-2H3,(H2,22,25)/b16-9-/t13-/m1/s1. The fourth-order valence-corrected chi connectivity index (χ4v) is 3.75. The van der Waals surface area contributed by atoms with Gasteiger partial charge in [0, 0.05) is 0 Å². The highest BCUT2D eigenvalue weighted by Crippen LogP contribution is 2.35. The van der Waals surface area contributed by atoms with E-state index in [1.165, 1.54) is 4.90 Å². The quantitative estimate of drug-likeness (QED) is 0.783. The minimum absolute atomic E-state index is 0.180. The highest BCUT2D eigenvalue weighted by molar-refractivity contribution is 8.15. The Bertz CT molecular complexity index is 1050. The molecule has 0 fully saturated rings. The van der Waals surface area contributed by atoms with Crippen LogP contribution < -0.4 is 20.1 Å². The molecular formula is C21H19N3O4S. The highest BCUT2D eigenvalue weighted by Gasteiger charge is 2.33. The van der Waals surface area contributed by atoms with E-state index in [-0.39, 0.29) is 18.4 Å². The van der Waals surface area contributed by atoms with Gasteiger partial charge < -0.3 is 15.2 Å². The summed E-state index contributed by atoms with van der Waals surface area (Å²) in [6, 6.07) is 13.0. The van der Waals surface area contributed by atoms with Gasteiger partial charge in [-0.15, -0.1) is 0 Å². The number of ether oxygens (including phenoxy) is 2. The number of primary amides is 1. The maximum absolute atomic E-state index is 13.1. The van der Waals surface area contributed by atoms with Crippen molar-refractivity contribution in [2.24, 2.45) is 10.7 Å². The number of fused-ring (bicyclic) bond motifs is 1. The number of hydrogen-bond acceptors (Lipinski definition) is 6. The molecule has 0 radical (unpaired) electrons. The van der Waals surface area contributed by atoms with Crippen LogP contribution in [0, 0.1) is 6.92 Å². The zero-order valence-electron chi connectivity index (χ0n) is 15.9. The summed E-state index contributed by atoms with van der Waals surface area (Å²) in [7, 11) is 0. The molecular weight excluding hydrogens is 390 g/mol. The molecule has 0 bridgehead atoms. The smallest absolute Gasteiger partial charge is 0.283 e. The van der Waals surface area contributed by atoms with Gasteiger partial charge in [-0.1, -0.05) is 35.5 Å². The summed E-state index contributed by atoms with van der Waals surface area (Å²) in [6.07, 6.45) is 1.69. The Kier molecular flexibility index (Phi) is 5.02. The van der Waals surface area contributed by atoms with Crippen molar-refractivity contribution >= 4 is 40.5 Å². The van der Waals surface area contributed by atoms with Crippen LogP contribution in [0.25, 0.3) is 6.08 Å².